The monoisotopic (exact) mass is 500 g/mol. The summed E-state index contributed by atoms with van der Waals surface area (Å²) in [5, 5.41) is 23.4. The summed E-state index contributed by atoms with van der Waals surface area (Å²) >= 11 is 0. The first kappa shape index (κ1) is 22.5. The van der Waals surface area contributed by atoms with Crippen molar-refractivity contribution in [2.24, 2.45) is 22.2 Å². The number of hydrogen-bond acceptors (Lipinski definition) is 10. The molecule has 2 aliphatic carbocycles. The number of carbonyl (C=O) groups is 3. The number of hydrogen-bond donors (Lipinski definition) is 2. The third-order valence-corrected chi connectivity index (χ3v) is 10.3. The number of aliphatic hydroxyl groups excluding tert-OH is 2. The Morgan fingerprint density at radius 1 is 1.06 bits per heavy atom. The Bertz CT molecular complexity index is 1260. The molecule has 4 aliphatic heterocycles. The van der Waals surface area contributed by atoms with Crippen molar-refractivity contribution in [3.63, 3.8) is 0 Å². The molecule has 1 aromatic heterocycles. The molecule has 192 valence electrons. The largest absolute Gasteiger partial charge is 0.504 e. The van der Waals surface area contributed by atoms with Crippen LogP contribution in [0.15, 0.2) is 34.3 Å². The van der Waals surface area contributed by atoms with Crippen LogP contribution >= 0.6 is 0 Å². The molecule has 6 aliphatic rings. The van der Waals surface area contributed by atoms with Gasteiger partial charge in [0, 0.05) is 11.1 Å². The second kappa shape index (κ2) is 6.23. The lowest BCUT2D eigenvalue weighted by molar-refractivity contribution is -0.240. The number of furan rings is 1. The Balaban J connectivity index is 1.49. The Kier molecular flexibility index (Phi) is 3.89. The molecule has 8 unspecified atom stereocenters. The predicted octanol–water partition coefficient (Wildman–Crippen LogP) is 1.91. The molecular formula is C26H28O10. The molecule has 0 aromatic carbocycles. The molecule has 9 atom stereocenters. The lowest BCUT2D eigenvalue weighted by atomic mass is 9.38. The van der Waals surface area contributed by atoms with Crippen molar-refractivity contribution in [3.05, 3.63) is 35.5 Å². The van der Waals surface area contributed by atoms with Crippen molar-refractivity contribution in [1.29, 1.82) is 0 Å². The minimum absolute atomic E-state index is 0.0503. The van der Waals surface area contributed by atoms with Crippen molar-refractivity contribution < 1.29 is 48.0 Å². The van der Waals surface area contributed by atoms with Crippen LogP contribution in [0, 0.1) is 22.2 Å². The molecular weight excluding hydrogens is 472 g/mol. The molecule has 10 heteroatoms. The van der Waals surface area contributed by atoms with E-state index in [-0.39, 0.29) is 19.4 Å². The highest BCUT2D eigenvalue weighted by Crippen LogP contribution is 2.79. The van der Waals surface area contributed by atoms with Gasteiger partial charge in [-0.25, -0.2) is 4.79 Å². The summed E-state index contributed by atoms with van der Waals surface area (Å²) in [5.41, 5.74) is -5.34. The fraction of sp³-hybridized carbons (Fsp3) is 0.654. The molecule has 0 bridgehead atoms. The standard InChI is InChI=1S/C26H28O10/c1-22(2)17-16(29)18(30)23(3)12(25(17)10-33-15(28)8-14(25)35-22)7-13(27)24(4)19(11-5-6-32-9-11)34-21(31)20-26(23,24)36-20/h5-6,9,12-14,19-20,27,29H,7-8,10H2,1-4H3/t12?,13?,14?,19?,20?,23-,24?,25?,26?/m0/s1. The van der Waals surface area contributed by atoms with Gasteiger partial charge < -0.3 is 33.6 Å². The summed E-state index contributed by atoms with van der Waals surface area (Å²) in [5.74, 6) is -2.72. The Labute approximate surface area is 206 Å². The van der Waals surface area contributed by atoms with Gasteiger partial charge >= 0.3 is 11.9 Å². The number of carbonyl (C=O) groups excluding carboxylic acids is 3. The normalized spacial score (nSPS) is 50.2. The molecule has 2 N–H and O–H groups in total. The number of Topliss-reactive ketones (excluding diaryl/α,β-unsaturated/α-hetero) is 1. The van der Waals surface area contributed by atoms with Crippen molar-refractivity contribution in [2.45, 2.75) is 76.2 Å². The molecule has 10 nitrogen and oxygen atoms in total. The highest BCUT2D eigenvalue weighted by Gasteiger charge is 2.91. The predicted molar refractivity (Wildman–Crippen MR) is 117 cm³/mol. The summed E-state index contributed by atoms with van der Waals surface area (Å²) < 4.78 is 29.1. The maximum absolute atomic E-state index is 14.3. The van der Waals surface area contributed by atoms with Gasteiger partial charge in [-0.1, -0.05) is 6.92 Å². The lowest BCUT2D eigenvalue weighted by Crippen LogP contribution is -2.74. The number of fused-ring (bicyclic) bond motifs is 1. The zero-order valence-corrected chi connectivity index (χ0v) is 20.4. The SMILES string of the molecule is CC1(C)OC2CC(=O)OCC23C1=C(O)C(=O)[C@]1(C)C3CC(O)C2(C)C(c3ccoc3)OC(=O)C3OC321. The number of aliphatic hydroxyl groups is 2. The van der Waals surface area contributed by atoms with Crippen LogP contribution in [0.1, 0.15) is 52.2 Å². The summed E-state index contributed by atoms with van der Waals surface area (Å²) in [6.07, 6.45) is -0.817. The molecule has 0 radical (unpaired) electrons. The topological polar surface area (TPSA) is 145 Å². The van der Waals surface area contributed by atoms with Gasteiger partial charge in [0.2, 0.25) is 5.78 Å². The van der Waals surface area contributed by atoms with E-state index in [1.54, 1.807) is 33.8 Å². The van der Waals surface area contributed by atoms with Crippen LogP contribution in [-0.4, -0.2) is 64.1 Å². The third kappa shape index (κ3) is 2.06. The van der Waals surface area contributed by atoms with Gasteiger partial charge in [0.25, 0.3) is 0 Å². The first-order chi connectivity index (χ1) is 16.9. The van der Waals surface area contributed by atoms with Gasteiger partial charge in [-0.15, -0.1) is 0 Å². The Hall–Kier alpha value is -2.69. The van der Waals surface area contributed by atoms with E-state index in [9.17, 15) is 24.6 Å². The second-order valence-corrected chi connectivity index (χ2v) is 12.0. The molecule has 7 rings (SSSR count). The van der Waals surface area contributed by atoms with Crippen LogP contribution in [-0.2, 0) is 33.3 Å². The molecule has 0 amide bonds. The number of esters is 2. The number of cyclic esters (lactones) is 2. The van der Waals surface area contributed by atoms with E-state index >= 15 is 0 Å². The fourth-order valence-corrected chi connectivity index (χ4v) is 8.90. The summed E-state index contributed by atoms with van der Waals surface area (Å²) in [7, 11) is 0. The van der Waals surface area contributed by atoms with Crippen LogP contribution in [0.3, 0.4) is 0 Å². The second-order valence-electron chi connectivity index (χ2n) is 12.0. The van der Waals surface area contributed by atoms with E-state index < -0.39 is 81.3 Å². The number of ketones is 1. The first-order valence-electron chi connectivity index (χ1n) is 12.3. The van der Waals surface area contributed by atoms with Gasteiger partial charge in [0.1, 0.15) is 18.3 Å². The van der Waals surface area contributed by atoms with Crippen LogP contribution in [0.25, 0.3) is 0 Å². The Morgan fingerprint density at radius 2 is 1.81 bits per heavy atom. The summed E-state index contributed by atoms with van der Waals surface area (Å²) in [6.45, 7) is 6.87. The highest BCUT2D eigenvalue weighted by molar-refractivity contribution is 6.03. The van der Waals surface area contributed by atoms with Gasteiger partial charge in [-0.3, -0.25) is 9.59 Å². The summed E-state index contributed by atoms with van der Waals surface area (Å²) in [6, 6.07) is 1.65. The highest BCUT2D eigenvalue weighted by atomic mass is 16.7. The van der Waals surface area contributed by atoms with Crippen molar-refractivity contribution >= 4 is 17.7 Å². The number of ether oxygens (including phenoxy) is 4. The van der Waals surface area contributed by atoms with Gasteiger partial charge in [-0.2, -0.15) is 0 Å². The van der Waals surface area contributed by atoms with E-state index in [4.69, 9.17) is 23.4 Å². The maximum Gasteiger partial charge on any atom is 0.339 e. The zero-order valence-electron chi connectivity index (χ0n) is 20.4. The van der Waals surface area contributed by atoms with Crippen LogP contribution in [0.2, 0.25) is 0 Å². The fourth-order valence-electron chi connectivity index (χ4n) is 8.90. The van der Waals surface area contributed by atoms with Crippen molar-refractivity contribution in [2.75, 3.05) is 6.61 Å². The molecule has 2 spiro atoms. The molecule has 1 saturated carbocycles. The molecule has 36 heavy (non-hydrogen) atoms. The average Bonchev–Trinajstić information content (AvgIpc) is 3.28. The van der Waals surface area contributed by atoms with E-state index in [0.29, 0.717) is 11.1 Å². The quantitative estimate of drug-likeness (QED) is 0.433. The third-order valence-electron chi connectivity index (χ3n) is 10.3. The number of epoxide rings is 1. The van der Waals surface area contributed by atoms with Crippen molar-refractivity contribution in [3.8, 4) is 0 Å². The van der Waals surface area contributed by atoms with Gasteiger partial charge in [0.15, 0.2) is 11.9 Å². The van der Waals surface area contributed by atoms with E-state index in [1.165, 1.54) is 12.5 Å². The van der Waals surface area contributed by atoms with Crippen LogP contribution in [0.4, 0.5) is 0 Å². The van der Waals surface area contributed by atoms with E-state index in [1.807, 2.05) is 0 Å². The van der Waals surface area contributed by atoms with Gasteiger partial charge in [-0.05, 0) is 39.2 Å². The number of allylic oxidation sites excluding steroid dienone is 1. The van der Waals surface area contributed by atoms with E-state index in [0.717, 1.165) is 0 Å². The molecule has 5 heterocycles. The number of rotatable bonds is 1. The van der Waals surface area contributed by atoms with Crippen molar-refractivity contribution in [1.82, 2.24) is 0 Å². The van der Waals surface area contributed by atoms with Crippen LogP contribution in [0.5, 0.6) is 0 Å². The first-order valence-corrected chi connectivity index (χ1v) is 12.3. The van der Waals surface area contributed by atoms with E-state index in [2.05, 4.69) is 0 Å². The smallest absolute Gasteiger partial charge is 0.339 e. The lowest BCUT2D eigenvalue weighted by Gasteiger charge is -2.64. The summed E-state index contributed by atoms with van der Waals surface area (Å²) in [4.78, 5) is 39.8. The molecule has 4 saturated heterocycles. The maximum atomic E-state index is 14.3. The Morgan fingerprint density at radius 3 is 2.50 bits per heavy atom. The molecule has 5 fully saturated rings. The van der Waals surface area contributed by atoms with Crippen LogP contribution < -0.4 is 0 Å². The minimum Gasteiger partial charge on any atom is -0.504 e. The average molecular weight is 501 g/mol. The van der Waals surface area contributed by atoms with Gasteiger partial charge in [0.05, 0.1) is 53.0 Å². The minimum atomic E-state index is -1.47. The molecule has 1 aromatic rings. The zero-order chi connectivity index (χ0) is 25.6.